The monoisotopic (exact) mass is 394 g/mol. The Morgan fingerprint density at radius 2 is 1.81 bits per heavy atom. The lowest BCUT2D eigenvalue weighted by Crippen LogP contribution is -2.33. The number of hydrogen-bond donors (Lipinski definition) is 2. The number of sulfone groups is 1. The van der Waals surface area contributed by atoms with Crippen LogP contribution < -0.4 is 10.6 Å². The zero-order valence-electron chi connectivity index (χ0n) is 15.5. The molecule has 1 atom stereocenters. The summed E-state index contributed by atoms with van der Waals surface area (Å²) in [5, 5.41) is 6.33. The van der Waals surface area contributed by atoms with E-state index in [1.54, 1.807) is 24.3 Å². The number of carbonyl (C=O) groups excluding carboxylic acids is 2. The topological polar surface area (TPSA) is 102 Å². The van der Waals surface area contributed by atoms with E-state index in [0.29, 0.717) is 12.1 Å². The number of carbonyl (C=O) groups is 2. The van der Waals surface area contributed by atoms with Crippen molar-refractivity contribution in [2.75, 3.05) is 26.0 Å². The zero-order valence-corrected chi connectivity index (χ0v) is 16.3. The normalized spacial score (nSPS) is 20.9. The molecule has 0 radical (unpaired) electrons. The molecule has 148 valence electrons. The summed E-state index contributed by atoms with van der Waals surface area (Å²) in [6.07, 6.45) is 3.12. The highest BCUT2D eigenvalue weighted by atomic mass is 32.2. The molecule has 7 nitrogen and oxygen atoms in total. The van der Waals surface area contributed by atoms with Gasteiger partial charge in [0, 0.05) is 12.5 Å². The molecule has 1 heterocycles. The standard InChI is InChI=1S/C19H26N2O5S/c1-26-17(22)13-27(24,25)12-15-4-2-14(3-5-15)11-21-18(23)16-10-19(16)6-8-20-9-7-19/h2-5,16,20H,6-13H2,1H3,(H,21,23). The van der Waals surface area contributed by atoms with Crippen LogP contribution in [-0.2, 0) is 36.5 Å². The van der Waals surface area contributed by atoms with Crippen LogP contribution in [0.5, 0.6) is 0 Å². The van der Waals surface area contributed by atoms with E-state index in [1.807, 2.05) is 0 Å². The van der Waals surface area contributed by atoms with E-state index in [2.05, 4.69) is 15.4 Å². The smallest absolute Gasteiger partial charge is 0.320 e. The summed E-state index contributed by atoms with van der Waals surface area (Å²) in [6.45, 7) is 2.41. The molecule has 2 aliphatic rings. The van der Waals surface area contributed by atoms with Gasteiger partial charge in [0.15, 0.2) is 9.84 Å². The SMILES string of the molecule is COC(=O)CS(=O)(=O)Cc1ccc(CNC(=O)C2CC23CCNCC3)cc1. The summed E-state index contributed by atoms with van der Waals surface area (Å²) in [7, 11) is -2.39. The lowest BCUT2D eigenvalue weighted by atomic mass is 9.92. The Hall–Kier alpha value is -1.93. The van der Waals surface area contributed by atoms with Gasteiger partial charge in [-0.2, -0.15) is 0 Å². The highest BCUT2D eigenvalue weighted by molar-refractivity contribution is 7.91. The molecule has 1 saturated heterocycles. The number of nitrogens with one attached hydrogen (secondary N) is 2. The Kier molecular flexibility index (Phi) is 5.86. The summed E-state index contributed by atoms with van der Waals surface area (Å²) in [4.78, 5) is 23.5. The molecule has 1 aromatic rings. The van der Waals surface area contributed by atoms with Crippen LogP contribution in [0.1, 0.15) is 30.4 Å². The third kappa shape index (κ3) is 5.07. The largest absolute Gasteiger partial charge is 0.468 e. The van der Waals surface area contributed by atoms with E-state index in [0.717, 1.165) is 45.0 Å². The molecule has 1 saturated carbocycles. The number of hydrogen-bond acceptors (Lipinski definition) is 6. The predicted molar refractivity (Wildman–Crippen MR) is 100 cm³/mol. The summed E-state index contributed by atoms with van der Waals surface area (Å²) in [5.41, 5.74) is 1.73. The third-order valence-electron chi connectivity index (χ3n) is 5.55. The molecular weight excluding hydrogens is 368 g/mol. The van der Waals surface area contributed by atoms with Crippen molar-refractivity contribution in [1.29, 1.82) is 0 Å². The van der Waals surface area contributed by atoms with Gasteiger partial charge in [-0.05, 0) is 48.9 Å². The van der Waals surface area contributed by atoms with E-state index in [4.69, 9.17) is 0 Å². The minimum atomic E-state index is -3.55. The van der Waals surface area contributed by atoms with E-state index < -0.39 is 21.6 Å². The van der Waals surface area contributed by atoms with E-state index in [1.165, 1.54) is 0 Å². The van der Waals surface area contributed by atoms with Gasteiger partial charge in [-0.1, -0.05) is 24.3 Å². The summed E-state index contributed by atoms with van der Waals surface area (Å²) in [5.74, 6) is -1.36. The highest BCUT2D eigenvalue weighted by Gasteiger charge is 2.57. The molecule has 1 aliphatic heterocycles. The molecule has 0 aromatic heterocycles. The Morgan fingerprint density at radius 3 is 2.44 bits per heavy atom. The Bertz CT molecular complexity index is 798. The minimum Gasteiger partial charge on any atom is -0.468 e. The summed E-state index contributed by atoms with van der Waals surface area (Å²) < 4.78 is 28.3. The van der Waals surface area contributed by atoms with Gasteiger partial charge in [-0.15, -0.1) is 0 Å². The van der Waals surface area contributed by atoms with Gasteiger partial charge >= 0.3 is 5.97 Å². The number of esters is 1. The van der Waals surface area contributed by atoms with Gasteiger partial charge in [-0.3, -0.25) is 9.59 Å². The fourth-order valence-corrected chi connectivity index (χ4v) is 5.08. The van der Waals surface area contributed by atoms with Gasteiger partial charge in [0.1, 0.15) is 5.75 Å². The molecule has 3 rings (SSSR count). The number of benzene rings is 1. The highest BCUT2D eigenvalue weighted by Crippen LogP contribution is 2.58. The van der Waals surface area contributed by atoms with Crippen molar-refractivity contribution < 1.29 is 22.7 Å². The van der Waals surface area contributed by atoms with Crippen LogP contribution in [0.25, 0.3) is 0 Å². The minimum absolute atomic E-state index is 0.113. The maximum Gasteiger partial charge on any atom is 0.320 e. The van der Waals surface area contributed by atoms with Crippen LogP contribution in [0, 0.1) is 11.3 Å². The first-order valence-electron chi connectivity index (χ1n) is 9.17. The van der Waals surface area contributed by atoms with Crippen molar-refractivity contribution in [2.24, 2.45) is 11.3 Å². The van der Waals surface area contributed by atoms with Crippen molar-refractivity contribution in [1.82, 2.24) is 10.6 Å². The maximum atomic E-state index is 12.4. The average molecular weight is 394 g/mol. The maximum absolute atomic E-state index is 12.4. The van der Waals surface area contributed by atoms with Crippen LogP contribution in [0.4, 0.5) is 0 Å². The van der Waals surface area contributed by atoms with Gasteiger partial charge in [0.2, 0.25) is 5.91 Å². The van der Waals surface area contributed by atoms with E-state index in [-0.39, 0.29) is 23.0 Å². The van der Waals surface area contributed by atoms with Gasteiger partial charge in [0.05, 0.1) is 12.9 Å². The molecule has 1 amide bonds. The van der Waals surface area contributed by atoms with Crippen molar-refractivity contribution >= 4 is 21.7 Å². The first kappa shape index (κ1) is 19.8. The van der Waals surface area contributed by atoms with Crippen molar-refractivity contribution in [3.05, 3.63) is 35.4 Å². The molecule has 1 spiro atoms. The lowest BCUT2D eigenvalue weighted by molar-refractivity contribution is -0.137. The molecule has 1 aliphatic carbocycles. The lowest BCUT2D eigenvalue weighted by Gasteiger charge is -2.23. The van der Waals surface area contributed by atoms with Crippen LogP contribution in [0.2, 0.25) is 0 Å². The quantitative estimate of drug-likeness (QED) is 0.663. The predicted octanol–water partition coefficient (Wildman–Crippen LogP) is 0.780. The number of rotatable bonds is 7. The van der Waals surface area contributed by atoms with Crippen LogP contribution in [0.3, 0.4) is 0 Å². The number of piperidine rings is 1. The number of ether oxygens (including phenoxy) is 1. The van der Waals surface area contributed by atoms with Crippen molar-refractivity contribution in [3.63, 3.8) is 0 Å². The second kappa shape index (κ2) is 7.98. The molecule has 2 fully saturated rings. The second-order valence-corrected chi connectivity index (χ2v) is 9.58. The molecule has 1 unspecified atom stereocenters. The van der Waals surface area contributed by atoms with Gasteiger partial charge < -0.3 is 15.4 Å². The Morgan fingerprint density at radius 1 is 1.19 bits per heavy atom. The van der Waals surface area contributed by atoms with Crippen LogP contribution in [-0.4, -0.2) is 46.2 Å². The third-order valence-corrected chi connectivity index (χ3v) is 7.00. The van der Waals surface area contributed by atoms with E-state index >= 15 is 0 Å². The Labute approximate surface area is 159 Å². The Balaban J connectivity index is 1.48. The van der Waals surface area contributed by atoms with E-state index in [9.17, 15) is 18.0 Å². The summed E-state index contributed by atoms with van der Waals surface area (Å²) >= 11 is 0. The molecule has 8 heteroatoms. The van der Waals surface area contributed by atoms with Gasteiger partial charge in [-0.25, -0.2) is 8.42 Å². The molecule has 1 aromatic carbocycles. The van der Waals surface area contributed by atoms with Crippen molar-refractivity contribution in [3.8, 4) is 0 Å². The fraction of sp³-hybridized carbons (Fsp3) is 0.579. The number of methoxy groups -OCH3 is 1. The van der Waals surface area contributed by atoms with Gasteiger partial charge in [0.25, 0.3) is 0 Å². The van der Waals surface area contributed by atoms with Crippen LogP contribution in [0.15, 0.2) is 24.3 Å². The average Bonchev–Trinajstić information content (AvgIpc) is 3.33. The van der Waals surface area contributed by atoms with Crippen molar-refractivity contribution in [2.45, 2.75) is 31.6 Å². The first-order chi connectivity index (χ1) is 12.8. The first-order valence-corrected chi connectivity index (χ1v) is 11.0. The fourth-order valence-electron chi connectivity index (χ4n) is 3.80. The molecule has 0 bridgehead atoms. The number of amides is 1. The molecule has 2 N–H and O–H groups in total. The molecule has 27 heavy (non-hydrogen) atoms. The summed E-state index contributed by atoms with van der Waals surface area (Å²) in [6, 6.07) is 7.02. The zero-order chi connectivity index (χ0) is 19.5. The molecular formula is C19H26N2O5S. The second-order valence-electron chi connectivity index (χ2n) is 7.51. The van der Waals surface area contributed by atoms with Crippen LogP contribution >= 0.6 is 0 Å².